The van der Waals surface area contributed by atoms with Crippen LogP contribution >= 0.6 is 0 Å². The normalized spacial score (nSPS) is 28.3. The molecule has 1 saturated heterocycles. The second-order valence-electron chi connectivity index (χ2n) is 7.72. The Bertz CT molecular complexity index is 762. The molecule has 1 aliphatic carbocycles. The Kier molecular flexibility index (Phi) is 4.21. The zero-order chi connectivity index (χ0) is 18.3. The molecule has 2 heterocycles. The zero-order valence-corrected chi connectivity index (χ0v) is 15.2. The third-order valence-corrected chi connectivity index (χ3v) is 6.21. The van der Waals surface area contributed by atoms with Crippen molar-refractivity contribution >= 4 is 23.5 Å². The van der Waals surface area contributed by atoms with Crippen LogP contribution in [0.2, 0.25) is 0 Å². The molecule has 1 spiro atoms. The van der Waals surface area contributed by atoms with Crippen LogP contribution in [0, 0.1) is 5.92 Å². The van der Waals surface area contributed by atoms with Crippen molar-refractivity contribution in [1.82, 2.24) is 10.2 Å². The summed E-state index contributed by atoms with van der Waals surface area (Å²) in [5.74, 6) is -0.321. The van der Waals surface area contributed by atoms with E-state index < -0.39 is 11.6 Å². The molecule has 0 aromatic heterocycles. The molecular formula is C20H25N3O3. The second kappa shape index (κ2) is 6.41. The topological polar surface area (TPSA) is 69.7 Å². The van der Waals surface area contributed by atoms with Gasteiger partial charge in [-0.15, -0.1) is 0 Å². The second-order valence-corrected chi connectivity index (χ2v) is 7.72. The Balaban J connectivity index is 1.54. The van der Waals surface area contributed by atoms with Crippen LogP contribution in [0.5, 0.6) is 0 Å². The van der Waals surface area contributed by atoms with Crippen LogP contribution in [0.4, 0.5) is 10.5 Å². The highest BCUT2D eigenvalue weighted by Gasteiger charge is 2.55. The van der Waals surface area contributed by atoms with Gasteiger partial charge in [0.1, 0.15) is 12.1 Å². The number of hydrogen-bond acceptors (Lipinski definition) is 3. The molecule has 2 unspecified atom stereocenters. The standard InChI is InChI=1S/C20H25N3O3/c1-14-7-4-5-11-20(14)18(25)23(19(26)21-20)13-17(24)22-12-6-9-15-8-2-3-10-16(15)22/h2-3,8,10,14H,4-7,9,11-13H2,1H3,(H,21,26). The summed E-state index contributed by atoms with van der Waals surface area (Å²) >= 11 is 0. The predicted octanol–water partition coefficient (Wildman–Crippen LogP) is 2.47. The molecule has 138 valence electrons. The number of nitrogens with zero attached hydrogens (tertiary/aromatic N) is 2. The minimum absolute atomic E-state index is 0.100. The van der Waals surface area contributed by atoms with Crippen molar-refractivity contribution in [3.63, 3.8) is 0 Å². The molecule has 2 atom stereocenters. The number of hydrogen-bond donors (Lipinski definition) is 1. The number of fused-ring (bicyclic) bond motifs is 1. The van der Waals surface area contributed by atoms with Crippen LogP contribution in [-0.2, 0) is 16.0 Å². The first kappa shape index (κ1) is 17.1. The molecule has 4 amide bonds. The van der Waals surface area contributed by atoms with Crippen molar-refractivity contribution < 1.29 is 14.4 Å². The zero-order valence-electron chi connectivity index (χ0n) is 15.2. The maximum Gasteiger partial charge on any atom is 0.325 e. The highest BCUT2D eigenvalue weighted by atomic mass is 16.2. The fourth-order valence-corrected chi connectivity index (χ4v) is 4.65. The quantitative estimate of drug-likeness (QED) is 0.829. The van der Waals surface area contributed by atoms with Gasteiger partial charge in [0.15, 0.2) is 0 Å². The van der Waals surface area contributed by atoms with Gasteiger partial charge >= 0.3 is 6.03 Å². The van der Waals surface area contributed by atoms with E-state index in [0.29, 0.717) is 13.0 Å². The summed E-state index contributed by atoms with van der Waals surface area (Å²) < 4.78 is 0. The summed E-state index contributed by atoms with van der Waals surface area (Å²) in [5, 5.41) is 2.91. The lowest BCUT2D eigenvalue weighted by Gasteiger charge is -2.37. The van der Waals surface area contributed by atoms with Gasteiger partial charge in [0.05, 0.1) is 0 Å². The van der Waals surface area contributed by atoms with Gasteiger partial charge in [0.25, 0.3) is 5.91 Å². The summed E-state index contributed by atoms with van der Waals surface area (Å²) in [6.45, 7) is 2.46. The summed E-state index contributed by atoms with van der Waals surface area (Å²) in [6.07, 6.45) is 5.43. The highest BCUT2D eigenvalue weighted by Crippen LogP contribution is 2.38. The summed E-state index contributed by atoms with van der Waals surface area (Å²) in [6, 6.07) is 7.42. The average Bonchev–Trinajstić information content (AvgIpc) is 2.88. The van der Waals surface area contributed by atoms with Gasteiger partial charge in [0, 0.05) is 12.2 Å². The van der Waals surface area contributed by atoms with E-state index in [1.165, 1.54) is 0 Å². The van der Waals surface area contributed by atoms with Crippen molar-refractivity contribution in [2.45, 2.75) is 51.0 Å². The minimum atomic E-state index is -0.810. The molecule has 4 rings (SSSR count). The Morgan fingerprint density at radius 1 is 1.23 bits per heavy atom. The molecular weight excluding hydrogens is 330 g/mol. The first-order valence-corrected chi connectivity index (χ1v) is 9.55. The lowest BCUT2D eigenvalue weighted by atomic mass is 9.73. The van der Waals surface area contributed by atoms with Gasteiger partial charge < -0.3 is 10.2 Å². The van der Waals surface area contributed by atoms with Gasteiger partial charge in [-0.05, 0) is 43.2 Å². The van der Waals surface area contributed by atoms with Crippen LogP contribution in [0.3, 0.4) is 0 Å². The number of urea groups is 1. The summed E-state index contributed by atoms with van der Waals surface area (Å²) in [5.41, 5.74) is 1.23. The van der Waals surface area contributed by atoms with Gasteiger partial charge in [-0.25, -0.2) is 4.79 Å². The van der Waals surface area contributed by atoms with Gasteiger partial charge in [-0.2, -0.15) is 0 Å². The number of nitrogens with one attached hydrogen (secondary N) is 1. The Labute approximate surface area is 153 Å². The number of anilines is 1. The van der Waals surface area contributed by atoms with Gasteiger partial charge in [-0.1, -0.05) is 38.0 Å². The summed E-state index contributed by atoms with van der Waals surface area (Å²) in [7, 11) is 0. The number of aryl methyl sites for hydroxylation is 1. The fraction of sp³-hybridized carbons (Fsp3) is 0.550. The third kappa shape index (κ3) is 2.59. The van der Waals surface area contributed by atoms with Crippen LogP contribution in [0.25, 0.3) is 0 Å². The molecule has 6 heteroatoms. The Hall–Kier alpha value is -2.37. The Morgan fingerprint density at radius 3 is 2.85 bits per heavy atom. The van der Waals surface area contributed by atoms with Crippen molar-refractivity contribution in [2.24, 2.45) is 5.92 Å². The van der Waals surface area contributed by atoms with E-state index in [2.05, 4.69) is 5.32 Å². The van der Waals surface area contributed by atoms with Crippen LogP contribution in [0.1, 0.15) is 44.6 Å². The van der Waals surface area contributed by atoms with E-state index in [1.807, 2.05) is 31.2 Å². The highest BCUT2D eigenvalue weighted by molar-refractivity contribution is 6.10. The molecule has 1 aromatic rings. The monoisotopic (exact) mass is 355 g/mol. The predicted molar refractivity (Wildman–Crippen MR) is 97.7 cm³/mol. The van der Waals surface area contributed by atoms with E-state index in [4.69, 9.17) is 0 Å². The van der Waals surface area contributed by atoms with Crippen LogP contribution < -0.4 is 10.2 Å². The number of benzene rings is 1. The molecule has 0 radical (unpaired) electrons. The molecule has 1 saturated carbocycles. The molecule has 0 bridgehead atoms. The maximum absolute atomic E-state index is 13.0. The number of carbonyl (C=O) groups is 3. The summed E-state index contributed by atoms with van der Waals surface area (Å²) in [4.78, 5) is 41.3. The third-order valence-electron chi connectivity index (χ3n) is 6.21. The molecule has 2 fully saturated rings. The molecule has 26 heavy (non-hydrogen) atoms. The van der Waals surface area contributed by atoms with E-state index in [-0.39, 0.29) is 24.3 Å². The van der Waals surface area contributed by atoms with Gasteiger partial charge in [-0.3, -0.25) is 14.5 Å². The molecule has 1 aromatic carbocycles. The van der Waals surface area contributed by atoms with Crippen LogP contribution in [-0.4, -0.2) is 41.4 Å². The van der Waals surface area contributed by atoms with Crippen LogP contribution in [0.15, 0.2) is 24.3 Å². The lowest BCUT2D eigenvalue weighted by molar-refractivity contribution is -0.136. The lowest BCUT2D eigenvalue weighted by Crippen LogP contribution is -2.54. The van der Waals surface area contributed by atoms with E-state index in [1.54, 1.807) is 4.90 Å². The Morgan fingerprint density at radius 2 is 2.04 bits per heavy atom. The van der Waals surface area contributed by atoms with Crippen molar-refractivity contribution in [3.8, 4) is 0 Å². The average molecular weight is 355 g/mol. The van der Waals surface area contributed by atoms with E-state index in [0.717, 1.165) is 48.3 Å². The van der Waals surface area contributed by atoms with Gasteiger partial charge in [0.2, 0.25) is 5.91 Å². The fourth-order valence-electron chi connectivity index (χ4n) is 4.65. The number of rotatable bonds is 2. The number of carbonyl (C=O) groups excluding carboxylic acids is 3. The number of amides is 4. The van der Waals surface area contributed by atoms with Crippen molar-refractivity contribution in [1.29, 1.82) is 0 Å². The first-order chi connectivity index (χ1) is 12.5. The number of imide groups is 1. The first-order valence-electron chi connectivity index (χ1n) is 9.55. The number of para-hydroxylation sites is 1. The van der Waals surface area contributed by atoms with Crippen molar-refractivity contribution in [2.75, 3.05) is 18.0 Å². The maximum atomic E-state index is 13.0. The molecule has 3 aliphatic rings. The molecule has 2 aliphatic heterocycles. The molecule has 6 nitrogen and oxygen atoms in total. The SMILES string of the molecule is CC1CCCCC12NC(=O)N(CC(=O)N1CCCc3ccccc31)C2=O. The van der Waals surface area contributed by atoms with Crippen molar-refractivity contribution in [3.05, 3.63) is 29.8 Å². The van der Waals surface area contributed by atoms with E-state index >= 15 is 0 Å². The van der Waals surface area contributed by atoms with E-state index in [9.17, 15) is 14.4 Å². The smallest absolute Gasteiger partial charge is 0.323 e. The molecule has 1 N–H and O–H groups in total. The minimum Gasteiger partial charge on any atom is -0.323 e. The largest absolute Gasteiger partial charge is 0.325 e.